The zero-order valence-corrected chi connectivity index (χ0v) is 10.7. The molecule has 3 rings (SSSR count). The molecule has 98 valence electrons. The van der Waals surface area contributed by atoms with Crippen LogP contribution < -0.4 is 4.90 Å². The van der Waals surface area contributed by atoms with Gasteiger partial charge in [-0.15, -0.1) is 11.6 Å². The molecular weight excluding hydrogens is 266 g/mol. The van der Waals surface area contributed by atoms with Gasteiger partial charge >= 0.3 is 0 Å². The van der Waals surface area contributed by atoms with Gasteiger partial charge in [0.15, 0.2) is 0 Å². The van der Waals surface area contributed by atoms with E-state index in [9.17, 15) is 14.7 Å². The van der Waals surface area contributed by atoms with Gasteiger partial charge in [-0.3, -0.25) is 9.59 Å². The molecule has 19 heavy (non-hydrogen) atoms. The van der Waals surface area contributed by atoms with Gasteiger partial charge in [0.1, 0.15) is 5.75 Å². The summed E-state index contributed by atoms with van der Waals surface area (Å²) in [7, 11) is 0. The standard InChI is InChI=1S/C14H12ClNO3/c15-11-3-1-2-10-12(11)14(19)16(13(10)18)8-4-6-9(17)7-5-8/h1,3-7,10-12,17H,2H2/t10-,11+,12+/m0/s1. The molecule has 1 N–H and O–H groups in total. The number of aromatic hydroxyl groups is 1. The van der Waals surface area contributed by atoms with Crippen molar-refractivity contribution >= 4 is 29.1 Å². The van der Waals surface area contributed by atoms with Crippen LogP contribution in [-0.2, 0) is 9.59 Å². The summed E-state index contributed by atoms with van der Waals surface area (Å²) >= 11 is 6.13. The van der Waals surface area contributed by atoms with Gasteiger partial charge < -0.3 is 5.11 Å². The maximum atomic E-state index is 12.4. The monoisotopic (exact) mass is 277 g/mol. The Hall–Kier alpha value is -1.81. The molecular formula is C14H12ClNO3. The number of benzene rings is 1. The third-order valence-corrected chi connectivity index (χ3v) is 4.05. The number of carbonyl (C=O) groups excluding carboxylic acids is 2. The molecule has 2 amide bonds. The predicted octanol–water partition coefficient (Wildman–Crippen LogP) is 2.07. The largest absolute Gasteiger partial charge is 0.508 e. The number of rotatable bonds is 1. The molecule has 2 aliphatic rings. The lowest BCUT2D eigenvalue weighted by Gasteiger charge is -2.20. The van der Waals surface area contributed by atoms with E-state index in [2.05, 4.69) is 0 Å². The van der Waals surface area contributed by atoms with E-state index in [-0.39, 0.29) is 23.5 Å². The van der Waals surface area contributed by atoms with E-state index in [0.29, 0.717) is 12.1 Å². The molecule has 1 aliphatic carbocycles. The highest BCUT2D eigenvalue weighted by molar-refractivity contribution is 6.29. The summed E-state index contributed by atoms with van der Waals surface area (Å²) in [5.41, 5.74) is 0.478. The molecule has 1 fully saturated rings. The number of imide groups is 1. The Labute approximate surface area is 115 Å². The van der Waals surface area contributed by atoms with Gasteiger partial charge in [-0.1, -0.05) is 12.2 Å². The average molecular weight is 278 g/mol. The maximum absolute atomic E-state index is 12.4. The summed E-state index contributed by atoms with van der Waals surface area (Å²) in [4.78, 5) is 25.9. The molecule has 0 aromatic heterocycles. The van der Waals surface area contributed by atoms with Gasteiger partial charge in [0.2, 0.25) is 11.8 Å². The summed E-state index contributed by atoms with van der Waals surface area (Å²) in [6, 6.07) is 6.01. The third kappa shape index (κ3) is 1.83. The van der Waals surface area contributed by atoms with Crippen LogP contribution in [0.4, 0.5) is 5.69 Å². The van der Waals surface area contributed by atoms with Crippen molar-refractivity contribution in [1.29, 1.82) is 0 Å². The molecule has 4 nitrogen and oxygen atoms in total. The summed E-state index contributed by atoms with van der Waals surface area (Å²) in [5.74, 6) is -1.22. The van der Waals surface area contributed by atoms with Crippen LogP contribution in [0, 0.1) is 11.8 Å². The van der Waals surface area contributed by atoms with Crippen molar-refractivity contribution in [1.82, 2.24) is 0 Å². The summed E-state index contributed by atoms with van der Waals surface area (Å²) in [5, 5.41) is 8.83. The van der Waals surface area contributed by atoms with Crippen LogP contribution in [0.15, 0.2) is 36.4 Å². The first-order valence-electron chi connectivity index (χ1n) is 6.07. The van der Waals surface area contributed by atoms with Crippen LogP contribution in [0.2, 0.25) is 0 Å². The second-order valence-electron chi connectivity index (χ2n) is 4.77. The number of carbonyl (C=O) groups is 2. The summed E-state index contributed by atoms with van der Waals surface area (Å²) in [6.07, 6.45) is 4.17. The first-order chi connectivity index (χ1) is 9.09. The SMILES string of the molecule is O=C1[C@H]2[C@H](Cl)C=CC[C@@H]2C(=O)N1c1ccc(O)cc1. The molecule has 1 saturated heterocycles. The summed E-state index contributed by atoms with van der Waals surface area (Å²) in [6.45, 7) is 0. The van der Waals surface area contributed by atoms with Gasteiger partial charge in [0.25, 0.3) is 0 Å². The molecule has 1 aromatic carbocycles. The maximum Gasteiger partial charge on any atom is 0.239 e. The molecule has 1 aliphatic heterocycles. The fourth-order valence-electron chi connectivity index (χ4n) is 2.69. The van der Waals surface area contributed by atoms with Crippen LogP contribution in [-0.4, -0.2) is 22.3 Å². The number of amides is 2. The minimum Gasteiger partial charge on any atom is -0.508 e. The normalized spacial score (nSPS) is 29.7. The molecule has 0 saturated carbocycles. The predicted molar refractivity (Wildman–Crippen MR) is 71.0 cm³/mol. The summed E-state index contributed by atoms with van der Waals surface area (Å²) < 4.78 is 0. The van der Waals surface area contributed by atoms with E-state index in [0.717, 1.165) is 0 Å². The lowest BCUT2D eigenvalue weighted by atomic mass is 9.85. The Morgan fingerprint density at radius 1 is 1.16 bits per heavy atom. The van der Waals surface area contributed by atoms with Crippen molar-refractivity contribution in [2.24, 2.45) is 11.8 Å². The average Bonchev–Trinajstić information content (AvgIpc) is 2.65. The highest BCUT2D eigenvalue weighted by atomic mass is 35.5. The van der Waals surface area contributed by atoms with Crippen molar-refractivity contribution < 1.29 is 14.7 Å². The fraction of sp³-hybridized carbons (Fsp3) is 0.286. The van der Waals surface area contributed by atoms with Crippen molar-refractivity contribution in [3.8, 4) is 5.75 Å². The molecule has 0 unspecified atom stereocenters. The number of alkyl halides is 1. The van der Waals surface area contributed by atoms with Gasteiger partial charge in [0.05, 0.1) is 22.9 Å². The lowest BCUT2D eigenvalue weighted by molar-refractivity contribution is -0.122. The van der Waals surface area contributed by atoms with E-state index in [1.807, 2.05) is 6.08 Å². The Bertz CT molecular complexity index is 567. The van der Waals surface area contributed by atoms with Crippen LogP contribution in [0.25, 0.3) is 0 Å². The molecule has 5 heteroatoms. The number of allylic oxidation sites excluding steroid dienone is 2. The van der Waals surface area contributed by atoms with Gasteiger partial charge in [0, 0.05) is 0 Å². The second-order valence-corrected chi connectivity index (χ2v) is 5.27. The molecule has 0 radical (unpaired) electrons. The number of nitrogens with zero attached hydrogens (tertiary/aromatic N) is 1. The zero-order valence-electron chi connectivity index (χ0n) is 9.99. The Balaban J connectivity index is 1.98. The lowest BCUT2D eigenvalue weighted by Crippen LogP contribution is -2.32. The van der Waals surface area contributed by atoms with Gasteiger partial charge in [-0.25, -0.2) is 4.90 Å². The third-order valence-electron chi connectivity index (χ3n) is 3.64. The van der Waals surface area contributed by atoms with Crippen LogP contribution in [0.1, 0.15) is 6.42 Å². The van der Waals surface area contributed by atoms with Crippen LogP contribution >= 0.6 is 11.6 Å². The Morgan fingerprint density at radius 2 is 1.84 bits per heavy atom. The van der Waals surface area contributed by atoms with Crippen molar-refractivity contribution in [3.05, 3.63) is 36.4 Å². The van der Waals surface area contributed by atoms with Crippen LogP contribution in [0.3, 0.4) is 0 Å². The molecule has 1 aromatic rings. The second kappa shape index (κ2) is 4.38. The number of anilines is 1. The smallest absolute Gasteiger partial charge is 0.239 e. The zero-order chi connectivity index (χ0) is 13.6. The van der Waals surface area contributed by atoms with E-state index >= 15 is 0 Å². The fourth-order valence-corrected chi connectivity index (χ4v) is 3.07. The number of fused-ring (bicyclic) bond motifs is 1. The van der Waals surface area contributed by atoms with E-state index in [1.54, 1.807) is 18.2 Å². The van der Waals surface area contributed by atoms with Gasteiger partial charge in [-0.05, 0) is 30.7 Å². The highest BCUT2D eigenvalue weighted by Crippen LogP contribution is 2.39. The minimum absolute atomic E-state index is 0.0946. The first kappa shape index (κ1) is 12.2. The number of phenolic OH excluding ortho intramolecular Hbond substituents is 1. The number of phenols is 1. The molecule has 0 bridgehead atoms. The number of halogens is 1. The van der Waals surface area contributed by atoms with E-state index in [1.165, 1.54) is 17.0 Å². The van der Waals surface area contributed by atoms with Crippen LogP contribution in [0.5, 0.6) is 5.75 Å². The minimum atomic E-state index is -0.479. The van der Waals surface area contributed by atoms with E-state index in [4.69, 9.17) is 11.6 Å². The molecule has 0 spiro atoms. The Morgan fingerprint density at radius 3 is 2.47 bits per heavy atom. The number of hydrogen-bond acceptors (Lipinski definition) is 3. The molecule has 3 atom stereocenters. The number of hydrogen-bond donors (Lipinski definition) is 1. The van der Waals surface area contributed by atoms with E-state index < -0.39 is 11.3 Å². The van der Waals surface area contributed by atoms with Crippen molar-refractivity contribution in [2.45, 2.75) is 11.8 Å². The van der Waals surface area contributed by atoms with Crippen molar-refractivity contribution in [2.75, 3.05) is 4.90 Å². The quantitative estimate of drug-likeness (QED) is 0.486. The molecule has 1 heterocycles. The first-order valence-corrected chi connectivity index (χ1v) is 6.51. The topological polar surface area (TPSA) is 57.6 Å². The van der Waals surface area contributed by atoms with Gasteiger partial charge in [-0.2, -0.15) is 0 Å². The Kier molecular flexibility index (Phi) is 2.82. The van der Waals surface area contributed by atoms with Crippen molar-refractivity contribution in [3.63, 3.8) is 0 Å². The highest BCUT2D eigenvalue weighted by Gasteiger charge is 2.51.